The van der Waals surface area contributed by atoms with E-state index in [4.69, 9.17) is 21.1 Å². The summed E-state index contributed by atoms with van der Waals surface area (Å²) in [6, 6.07) is 7.91. The van der Waals surface area contributed by atoms with Crippen molar-refractivity contribution >= 4 is 17.5 Å². The molecule has 26 heavy (non-hydrogen) atoms. The number of ether oxygens (including phenoxy) is 2. The maximum Gasteiger partial charge on any atom is 0.250 e. The molecule has 1 aromatic rings. The minimum absolute atomic E-state index is 0.0657. The standard InChI is InChI=1S/C19H28ClN3O3/c1-19(2)13-23(8-10-26-19)16(14-3-5-15(20)6-4-14)11-22-18(24)17-12-21-7-9-25-17/h3-6,16-17,21H,7-13H2,1-2H3,(H,22,24). The number of nitrogens with one attached hydrogen (secondary N) is 2. The molecule has 7 heteroatoms. The van der Waals surface area contributed by atoms with E-state index < -0.39 is 6.10 Å². The molecule has 2 fully saturated rings. The van der Waals surface area contributed by atoms with Gasteiger partial charge in [0.25, 0.3) is 5.91 Å². The predicted molar refractivity (Wildman–Crippen MR) is 101 cm³/mol. The monoisotopic (exact) mass is 381 g/mol. The van der Waals surface area contributed by atoms with Gasteiger partial charge >= 0.3 is 0 Å². The average molecular weight is 382 g/mol. The second kappa shape index (κ2) is 8.67. The van der Waals surface area contributed by atoms with Crippen LogP contribution in [-0.4, -0.2) is 68.4 Å². The second-order valence-electron chi connectivity index (χ2n) is 7.45. The zero-order valence-electron chi connectivity index (χ0n) is 15.5. The molecule has 0 aliphatic carbocycles. The molecule has 0 bridgehead atoms. The summed E-state index contributed by atoms with van der Waals surface area (Å²) in [4.78, 5) is 14.8. The van der Waals surface area contributed by atoms with Crippen molar-refractivity contribution in [2.24, 2.45) is 0 Å². The fourth-order valence-electron chi connectivity index (χ4n) is 3.51. The van der Waals surface area contributed by atoms with Crippen LogP contribution in [0.2, 0.25) is 5.02 Å². The lowest BCUT2D eigenvalue weighted by Crippen LogP contribution is -2.53. The number of halogens is 1. The number of hydrogen-bond donors (Lipinski definition) is 2. The van der Waals surface area contributed by atoms with Crippen molar-refractivity contribution < 1.29 is 14.3 Å². The summed E-state index contributed by atoms with van der Waals surface area (Å²) in [5.74, 6) is -0.0660. The minimum Gasteiger partial charge on any atom is -0.373 e. The summed E-state index contributed by atoms with van der Waals surface area (Å²) < 4.78 is 11.4. The van der Waals surface area contributed by atoms with Crippen LogP contribution < -0.4 is 10.6 Å². The maximum absolute atomic E-state index is 12.5. The SMILES string of the molecule is CC1(C)CN(C(CNC(=O)C2CNCCO2)c2ccc(Cl)cc2)CCO1. The van der Waals surface area contributed by atoms with Crippen LogP contribution in [0.3, 0.4) is 0 Å². The molecule has 0 spiro atoms. The van der Waals surface area contributed by atoms with Crippen molar-refractivity contribution in [1.29, 1.82) is 0 Å². The molecule has 2 aliphatic heterocycles. The van der Waals surface area contributed by atoms with E-state index in [1.165, 1.54) is 0 Å². The number of rotatable bonds is 5. The van der Waals surface area contributed by atoms with E-state index in [-0.39, 0.29) is 17.6 Å². The van der Waals surface area contributed by atoms with Gasteiger partial charge in [-0.05, 0) is 31.5 Å². The van der Waals surface area contributed by atoms with Crippen molar-refractivity contribution in [3.8, 4) is 0 Å². The summed E-state index contributed by atoms with van der Waals surface area (Å²) in [6.45, 7) is 8.94. The van der Waals surface area contributed by atoms with Crippen LogP contribution in [-0.2, 0) is 14.3 Å². The van der Waals surface area contributed by atoms with E-state index in [2.05, 4.69) is 29.4 Å². The van der Waals surface area contributed by atoms with Crippen LogP contribution in [0, 0.1) is 0 Å². The molecule has 0 aromatic heterocycles. The fourth-order valence-corrected chi connectivity index (χ4v) is 3.63. The molecule has 0 saturated carbocycles. The minimum atomic E-state index is -0.421. The van der Waals surface area contributed by atoms with Crippen LogP contribution in [0.1, 0.15) is 25.5 Å². The Morgan fingerprint density at radius 2 is 2.15 bits per heavy atom. The van der Waals surface area contributed by atoms with Gasteiger partial charge < -0.3 is 20.1 Å². The van der Waals surface area contributed by atoms with Gasteiger partial charge in [-0.1, -0.05) is 23.7 Å². The van der Waals surface area contributed by atoms with E-state index in [1.807, 2.05) is 24.3 Å². The maximum atomic E-state index is 12.5. The third-order valence-corrected chi connectivity index (χ3v) is 5.09. The summed E-state index contributed by atoms with van der Waals surface area (Å²) in [5.41, 5.74) is 0.929. The molecule has 2 saturated heterocycles. The highest BCUT2D eigenvalue weighted by molar-refractivity contribution is 6.30. The normalized spacial score (nSPS) is 24.8. The number of hydrogen-bond acceptors (Lipinski definition) is 5. The van der Waals surface area contributed by atoms with E-state index in [0.717, 1.165) is 25.2 Å². The fraction of sp³-hybridized carbons (Fsp3) is 0.632. The second-order valence-corrected chi connectivity index (χ2v) is 7.89. The van der Waals surface area contributed by atoms with Crippen molar-refractivity contribution in [2.75, 3.05) is 45.9 Å². The van der Waals surface area contributed by atoms with E-state index in [9.17, 15) is 4.79 Å². The molecule has 2 atom stereocenters. The average Bonchev–Trinajstić information content (AvgIpc) is 2.63. The van der Waals surface area contributed by atoms with Gasteiger partial charge in [0.05, 0.1) is 24.9 Å². The molecule has 2 N–H and O–H groups in total. The number of morpholine rings is 2. The van der Waals surface area contributed by atoms with Gasteiger partial charge in [0.15, 0.2) is 0 Å². The smallest absolute Gasteiger partial charge is 0.250 e. The third-order valence-electron chi connectivity index (χ3n) is 4.84. The molecule has 3 rings (SSSR count). The summed E-state index contributed by atoms with van der Waals surface area (Å²) >= 11 is 6.05. The molecule has 2 unspecified atom stereocenters. The van der Waals surface area contributed by atoms with Crippen LogP contribution in [0.4, 0.5) is 0 Å². The highest BCUT2D eigenvalue weighted by atomic mass is 35.5. The third kappa shape index (κ3) is 5.18. The van der Waals surface area contributed by atoms with Crippen LogP contribution in [0.5, 0.6) is 0 Å². The number of carbonyl (C=O) groups is 1. The van der Waals surface area contributed by atoms with E-state index in [1.54, 1.807) is 0 Å². The van der Waals surface area contributed by atoms with Gasteiger partial charge in [0.1, 0.15) is 6.10 Å². The molecular weight excluding hydrogens is 354 g/mol. The lowest BCUT2D eigenvalue weighted by Gasteiger charge is -2.42. The van der Waals surface area contributed by atoms with Gasteiger partial charge in [0.2, 0.25) is 0 Å². The van der Waals surface area contributed by atoms with Crippen molar-refractivity contribution in [3.05, 3.63) is 34.9 Å². The zero-order valence-corrected chi connectivity index (χ0v) is 16.2. The number of amides is 1. The van der Waals surface area contributed by atoms with Crippen LogP contribution >= 0.6 is 11.6 Å². The summed E-state index contributed by atoms with van der Waals surface area (Å²) in [6.07, 6.45) is -0.421. The Balaban J connectivity index is 1.70. The van der Waals surface area contributed by atoms with Gasteiger partial charge in [0, 0.05) is 37.7 Å². The highest BCUT2D eigenvalue weighted by Gasteiger charge is 2.32. The Hall–Kier alpha value is -1.18. The predicted octanol–water partition coefficient (Wildman–Crippen LogP) is 1.60. The largest absolute Gasteiger partial charge is 0.373 e. The molecule has 2 aliphatic rings. The van der Waals surface area contributed by atoms with Crippen LogP contribution in [0.25, 0.3) is 0 Å². The van der Waals surface area contributed by atoms with Gasteiger partial charge in [-0.2, -0.15) is 0 Å². The molecule has 1 aromatic carbocycles. The molecule has 144 valence electrons. The van der Waals surface area contributed by atoms with Gasteiger partial charge in [-0.25, -0.2) is 0 Å². The van der Waals surface area contributed by atoms with Crippen molar-refractivity contribution in [3.63, 3.8) is 0 Å². The Kier molecular flexibility index (Phi) is 6.53. The summed E-state index contributed by atoms with van der Waals surface area (Å²) in [5, 5.41) is 6.97. The van der Waals surface area contributed by atoms with E-state index >= 15 is 0 Å². The van der Waals surface area contributed by atoms with Gasteiger partial charge in [-0.3, -0.25) is 9.69 Å². The molecular formula is C19H28ClN3O3. The Morgan fingerprint density at radius 1 is 1.38 bits per heavy atom. The lowest BCUT2D eigenvalue weighted by atomic mass is 10.0. The van der Waals surface area contributed by atoms with Gasteiger partial charge in [-0.15, -0.1) is 0 Å². The Bertz CT molecular complexity index is 603. The Morgan fingerprint density at radius 3 is 2.81 bits per heavy atom. The van der Waals surface area contributed by atoms with Crippen molar-refractivity contribution in [2.45, 2.75) is 31.6 Å². The first kappa shape index (κ1) is 19.6. The lowest BCUT2D eigenvalue weighted by molar-refractivity contribution is -0.135. The molecule has 0 radical (unpaired) electrons. The number of nitrogens with zero attached hydrogens (tertiary/aromatic N) is 1. The topological polar surface area (TPSA) is 62.8 Å². The molecule has 6 nitrogen and oxygen atoms in total. The quantitative estimate of drug-likeness (QED) is 0.811. The molecule has 2 heterocycles. The van der Waals surface area contributed by atoms with E-state index in [0.29, 0.717) is 31.3 Å². The first-order chi connectivity index (χ1) is 12.4. The first-order valence-corrected chi connectivity index (χ1v) is 9.56. The Labute approximate surface area is 160 Å². The number of carbonyl (C=O) groups excluding carboxylic acids is 1. The van der Waals surface area contributed by atoms with Crippen LogP contribution in [0.15, 0.2) is 24.3 Å². The zero-order chi connectivity index (χ0) is 18.6. The number of benzene rings is 1. The molecule has 1 amide bonds. The van der Waals surface area contributed by atoms with Crippen molar-refractivity contribution in [1.82, 2.24) is 15.5 Å². The first-order valence-electron chi connectivity index (χ1n) is 9.18. The summed E-state index contributed by atoms with van der Waals surface area (Å²) in [7, 11) is 0. The highest BCUT2D eigenvalue weighted by Crippen LogP contribution is 2.27.